The predicted octanol–water partition coefficient (Wildman–Crippen LogP) is 2.38. The molecule has 0 aromatic heterocycles. The van der Waals surface area contributed by atoms with Crippen LogP contribution in [0, 0.1) is 17.3 Å². The Morgan fingerprint density at radius 2 is 2.00 bits per heavy atom. The second-order valence-corrected chi connectivity index (χ2v) is 11.2. The number of fused-ring (bicyclic) bond motifs is 2. The fourth-order valence-electron chi connectivity index (χ4n) is 8.18. The number of carbonyl (C=O) groups is 3. The van der Waals surface area contributed by atoms with E-state index in [1.165, 1.54) is 0 Å². The van der Waals surface area contributed by atoms with Crippen molar-refractivity contribution in [1.29, 1.82) is 0 Å². The topological polar surface area (TPSA) is 133 Å². The van der Waals surface area contributed by atoms with E-state index in [0.29, 0.717) is 32.5 Å². The van der Waals surface area contributed by atoms with Gasteiger partial charge in [-0.3, -0.25) is 0 Å². The average Bonchev–Trinajstić information content (AvgIpc) is 3.67. The quantitative estimate of drug-likeness (QED) is 0.435. The zero-order chi connectivity index (χ0) is 25.0. The highest BCUT2D eigenvalue weighted by molar-refractivity contribution is 5.92. The molecule has 192 valence electrons. The van der Waals surface area contributed by atoms with Gasteiger partial charge in [-0.05, 0) is 43.6 Å². The van der Waals surface area contributed by atoms with E-state index in [0.717, 1.165) is 17.6 Å². The summed E-state index contributed by atoms with van der Waals surface area (Å²) in [6.07, 6.45) is 0.218. The van der Waals surface area contributed by atoms with Crippen LogP contribution in [-0.4, -0.2) is 78.1 Å². The van der Waals surface area contributed by atoms with Gasteiger partial charge >= 0.3 is 18.1 Å². The number of aliphatic carboxylic acids is 1. The second-order valence-electron chi connectivity index (χ2n) is 11.2. The predicted molar refractivity (Wildman–Crippen MR) is 116 cm³/mol. The molecule has 10 nitrogen and oxygen atoms in total. The van der Waals surface area contributed by atoms with Crippen LogP contribution in [0.1, 0.15) is 53.4 Å². The molecule has 3 aliphatic heterocycles. The normalized spacial score (nSPS) is 46.5. The van der Waals surface area contributed by atoms with Crippen LogP contribution in [0.5, 0.6) is 0 Å². The van der Waals surface area contributed by atoms with Gasteiger partial charge in [0.15, 0.2) is 18.3 Å². The van der Waals surface area contributed by atoms with Crippen LogP contribution in [0.25, 0.3) is 0 Å². The first kappa shape index (κ1) is 23.2. The first-order valence-corrected chi connectivity index (χ1v) is 12.5. The lowest BCUT2D eigenvalue weighted by Gasteiger charge is -2.57. The summed E-state index contributed by atoms with van der Waals surface area (Å²) < 4.78 is 35.8. The molecule has 6 rings (SSSR count). The molecule has 3 aliphatic carbocycles. The molecule has 0 aromatic rings. The minimum atomic E-state index is -1.26. The fourth-order valence-corrected chi connectivity index (χ4v) is 8.18. The summed E-state index contributed by atoms with van der Waals surface area (Å²) in [6.45, 7) is 8.05. The number of cyclic esters (lactones) is 1. The lowest BCUT2D eigenvalue weighted by atomic mass is 9.46. The first-order chi connectivity index (χ1) is 16.6. The first-order valence-electron chi connectivity index (χ1n) is 12.5. The third kappa shape index (κ3) is 2.68. The number of hydrogen-bond donors (Lipinski definition) is 1. The monoisotopic (exact) mass is 492 g/mol. The van der Waals surface area contributed by atoms with Crippen LogP contribution in [0.3, 0.4) is 0 Å². The molecule has 0 amide bonds. The van der Waals surface area contributed by atoms with E-state index in [-0.39, 0.29) is 35.4 Å². The Labute approximate surface area is 203 Å². The van der Waals surface area contributed by atoms with Crippen molar-refractivity contribution in [3.8, 4) is 0 Å². The van der Waals surface area contributed by atoms with E-state index in [4.69, 9.17) is 33.5 Å². The van der Waals surface area contributed by atoms with Crippen molar-refractivity contribution in [3.63, 3.8) is 0 Å². The number of carbonyl (C=O) groups excluding carboxylic acids is 2. The summed E-state index contributed by atoms with van der Waals surface area (Å²) in [5.41, 5.74) is -1.01. The van der Waals surface area contributed by atoms with Crippen LogP contribution in [0.4, 0.5) is 4.79 Å². The van der Waals surface area contributed by atoms with Crippen molar-refractivity contribution in [2.45, 2.75) is 88.5 Å². The van der Waals surface area contributed by atoms with E-state index in [1.54, 1.807) is 0 Å². The van der Waals surface area contributed by atoms with Gasteiger partial charge in [-0.15, -0.1) is 0 Å². The molecular formula is C25H32O10. The van der Waals surface area contributed by atoms with Crippen LogP contribution in [-0.2, 0) is 38.0 Å². The Balaban J connectivity index is 1.42. The number of epoxide rings is 2. The molecule has 10 heteroatoms. The molecular weight excluding hydrogens is 460 g/mol. The van der Waals surface area contributed by atoms with Crippen molar-refractivity contribution < 1.29 is 47.9 Å². The maximum Gasteiger partial charge on any atom is 0.509 e. The molecule has 0 aromatic carbocycles. The third-order valence-corrected chi connectivity index (χ3v) is 9.69. The molecule has 4 fully saturated rings. The van der Waals surface area contributed by atoms with Crippen molar-refractivity contribution in [2.75, 3.05) is 19.8 Å². The van der Waals surface area contributed by atoms with Gasteiger partial charge in [0.25, 0.3) is 0 Å². The fraction of sp³-hybridized carbons (Fsp3) is 0.800. The summed E-state index contributed by atoms with van der Waals surface area (Å²) >= 11 is 0. The molecule has 0 radical (unpaired) electrons. The SMILES string of the molecule is CCO[C@@]1(C(C)C)C[C@@H]2O[C@]23[C@]2(O[C@H]2C[C@H]2C4=C(CC[C@@]23C)C(=O)OC4)[C@@H]1OC(=O)OCC(=O)O. The van der Waals surface area contributed by atoms with E-state index >= 15 is 0 Å². The number of carboxylic acid groups (broad SMARTS) is 1. The Kier molecular flexibility index (Phi) is 4.78. The van der Waals surface area contributed by atoms with E-state index in [2.05, 4.69) is 6.92 Å². The smallest absolute Gasteiger partial charge is 0.479 e. The summed E-state index contributed by atoms with van der Waals surface area (Å²) in [6, 6.07) is 0. The third-order valence-electron chi connectivity index (χ3n) is 9.69. The molecule has 2 spiro atoms. The molecule has 0 bridgehead atoms. The van der Waals surface area contributed by atoms with Crippen molar-refractivity contribution in [3.05, 3.63) is 11.1 Å². The Bertz CT molecular complexity index is 1040. The van der Waals surface area contributed by atoms with Gasteiger partial charge in [-0.2, -0.15) is 0 Å². The van der Waals surface area contributed by atoms with Gasteiger partial charge in [0.2, 0.25) is 0 Å². The van der Waals surface area contributed by atoms with Crippen molar-refractivity contribution in [1.82, 2.24) is 0 Å². The lowest BCUT2D eigenvalue weighted by molar-refractivity contribution is -0.209. The van der Waals surface area contributed by atoms with Gasteiger partial charge in [0.05, 0.1) is 12.2 Å². The molecule has 3 heterocycles. The highest BCUT2D eigenvalue weighted by atomic mass is 16.8. The number of hydrogen-bond acceptors (Lipinski definition) is 9. The Morgan fingerprint density at radius 3 is 2.69 bits per heavy atom. The standard InChI is InChI=1S/C25H32O10/c1-5-32-23(12(2)3)9-17-25(35-17)22(4)7-6-13-14(10-30-19(13)28)15(22)8-16-24(25,34-16)20(23)33-21(29)31-11-18(26)27/h12,15-17,20H,5-11H2,1-4H3,(H,26,27)/t15-,16-,17-,20+,22-,23+,24+,25+/m0/s1. The van der Waals surface area contributed by atoms with Crippen LogP contribution in [0.2, 0.25) is 0 Å². The van der Waals surface area contributed by atoms with Crippen LogP contribution < -0.4 is 0 Å². The van der Waals surface area contributed by atoms with Gasteiger partial charge in [-0.1, -0.05) is 20.8 Å². The molecule has 6 aliphatic rings. The molecule has 2 saturated heterocycles. The second kappa shape index (κ2) is 7.20. The summed E-state index contributed by atoms with van der Waals surface area (Å²) in [7, 11) is 0. The maximum atomic E-state index is 12.7. The minimum absolute atomic E-state index is 0.0480. The molecule has 0 unspecified atom stereocenters. The largest absolute Gasteiger partial charge is 0.509 e. The van der Waals surface area contributed by atoms with Crippen molar-refractivity contribution >= 4 is 18.1 Å². The zero-order valence-corrected chi connectivity index (χ0v) is 20.5. The summed E-state index contributed by atoms with van der Waals surface area (Å²) in [5.74, 6) is -1.46. The van der Waals surface area contributed by atoms with E-state index in [9.17, 15) is 14.4 Å². The van der Waals surface area contributed by atoms with Gasteiger partial charge < -0.3 is 33.5 Å². The van der Waals surface area contributed by atoms with Gasteiger partial charge in [0, 0.05) is 24.0 Å². The Morgan fingerprint density at radius 1 is 1.23 bits per heavy atom. The molecule has 1 N–H and O–H groups in total. The number of rotatable bonds is 6. The molecule has 2 saturated carbocycles. The van der Waals surface area contributed by atoms with Crippen molar-refractivity contribution in [2.24, 2.45) is 17.3 Å². The zero-order valence-electron chi connectivity index (χ0n) is 20.5. The number of ether oxygens (including phenoxy) is 6. The van der Waals surface area contributed by atoms with Gasteiger partial charge in [0.1, 0.15) is 17.8 Å². The average molecular weight is 493 g/mol. The maximum absolute atomic E-state index is 12.7. The Hall–Kier alpha value is -2.17. The number of esters is 1. The summed E-state index contributed by atoms with van der Waals surface area (Å²) in [5, 5.41) is 8.95. The van der Waals surface area contributed by atoms with Gasteiger partial charge in [-0.25, -0.2) is 14.4 Å². The van der Waals surface area contributed by atoms with E-state index < -0.39 is 41.6 Å². The highest BCUT2D eigenvalue weighted by Crippen LogP contribution is 2.80. The highest BCUT2D eigenvalue weighted by Gasteiger charge is 2.95. The molecule has 8 atom stereocenters. The summed E-state index contributed by atoms with van der Waals surface area (Å²) in [4.78, 5) is 36.0. The number of carboxylic acids is 1. The van der Waals surface area contributed by atoms with Crippen LogP contribution >= 0.6 is 0 Å². The minimum Gasteiger partial charge on any atom is -0.479 e. The lowest BCUT2D eigenvalue weighted by Crippen LogP contribution is -2.73. The molecule has 35 heavy (non-hydrogen) atoms. The van der Waals surface area contributed by atoms with Crippen LogP contribution in [0.15, 0.2) is 11.1 Å². The van der Waals surface area contributed by atoms with E-state index in [1.807, 2.05) is 20.8 Å².